The van der Waals surface area contributed by atoms with Crippen molar-refractivity contribution >= 4 is 17.0 Å². The average Bonchev–Trinajstić information content (AvgIpc) is 3.18. The number of aromatic nitrogens is 6. The molecule has 0 radical (unpaired) electrons. The maximum Gasteiger partial charge on any atom is 0.235 e. The molecule has 8 heteroatoms. The van der Waals surface area contributed by atoms with Crippen molar-refractivity contribution in [2.75, 3.05) is 5.73 Å². The maximum absolute atomic E-state index is 9.46. The minimum atomic E-state index is 0.279. The summed E-state index contributed by atoms with van der Waals surface area (Å²) in [5.41, 5.74) is 7.92. The predicted molar refractivity (Wildman–Crippen MR) is 83.7 cm³/mol. The fourth-order valence-corrected chi connectivity index (χ4v) is 3.36. The number of hydrogen-bond donors (Lipinski definition) is 1. The molecule has 0 atom stereocenters. The Morgan fingerprint density at radius 1 is 1.22 bits per heavy atom. The van der Waals surface area contributed by atoms with E-state index in [-0.39, 0.29) is 12.0 Å². The fourth-order valence-electron chi connectivity index (χ4n) is 3.36. The van der Waals surface area contributed by atoms with Crippen LogP contribution in [0, 0.1) is 11.3 Å². The molecule has 2 N–H and O–H groups in total. The van der Waals surface area contributed by atoms with Gasteiger partial charge in [0.15, 0.2) is 0 Å². The smallest absolute Gasteiger partial charge is 0.235 e. The lowest BCUT2D eigenvalue weighted by Crippen LogP contribution is -2.18. The van der Waals surface area contributed by atoms with Crippen LogP contribution in [0.5, 0.6) is 0 Å². The van der Waals surface area contributed by atoms with E-state index in [9.17, 15) is 5.26 Å². The van der Waals surface area contributed by atoms with Crippen molar-refractivity contribution in [1.29, 1.82) is 5.26 Å². The van der Waals surface area contributed by atoms with Crippen LogP contribution in [0.4, 0.5) is 5.95 Å². The van der Waals surface area contributed by atoms with Gasteiger partial charge in [-0.1, -0.05) is 19.3 Å². The van der Waals surface area contributed by atoms with Crippen molar-refractivity contribution in [1.82, 2.24) is 29.3 Å². The van der Waals surface area contributed by atoms with Crippen LogP contribution in [0.1, 0.15) is 43.7 Å². The van der Waals surface area contributed by atoms with Gasteiger partial charge >= 0.3 is 0 Å². The molecule has 0 aliphatic heterocycles. The molecule has 3 heterocycles. The van der Waals surface area contributed by atoms with Crippen LogP contribution in [0.3, 0.4) is 0 Å². The highest BCUT2D eigenvalue weighted by atomic mass is 15.4. The number of nitrogen functional groups attached to an aromatic ring is 1. The molecule has 116 valence electrons. The van der Waals surface area contributed by atoms with Crippen LogP contribution in [-0.2, 0) is 0 Å². The second-order valence-electron chi connectivity index (χ2n) is 5.77. The van der Waals surface area contributed by atoms with Crippen LogP contribution in [0.2, 0.25) is 0 Å². The minimum absolute atomic E-state index is 0.279. The molecule has 1 saturated carbocycles. The Balaban J connectivity index is 2.02. The second kappa shape index (κ2) is 5.35. The van der Waals surface area contributed by atoms with Gasteiger partial charge in [-0.15, -0.1) is 0 Å². The van der Waals surface area contributed by atoms with Crippen molar-refractivity contribution in [2.45, 2.75) is 38.1 Å². The number of fused-ring (bicyclic) bond motifs is 1. The van der Waals surface area contributed by atoms with Gasteiger partial charge in [-0.05, 0) is 12.8 Å². The van der Waals surface area contributed by atoms with Gasteiger partial charge in [0, 0.05) is 12.2 Å². The molecule has 0 bridgehead atoms. The SMILES string of the molecule is N#Cc1cncc2nc(-n3ncnc3N)n(C3CCCCC3)c12. The Morgan fingerprint density at radius 2 is 2.04 bits per heavy atom. The van der Waals surface area contributed by atoms with Gasteiger partial charge in [0.25, 0.3) is 0 Å². The summed E-state index contributed by atoms with van der Waals surface area (Å²) < 4.78 is 3.62. The van der Waals surface area contributed by atoms with Crippen LogP contribution < -0.4 is 5.73 Å². The minimum Gasteiger partial charge on any atom is -0.368 e. The van der Waals surface area contributed by atoms with Crippen molar-refractivity contribution in [3.05, 3.63) is 24.3 Å². The van der Waals surface area contributed by atoms with Gasteiger partial charge in [0.2, 0.25) is 11.9 Å². The number of nitriles is 1. The average molecular weight is 308 g/mol. The van der Waals surface area contributed by atoms with Gasteiger partial charge in [0.05, 0.1) is 17.3 Å². The van der Waals surface area contributed by atoms with E-state index in [1.165, 1.54) is 30.3 Å². The van der Waals surface area contributed by atoms with Gasteiger partial charge in [-0.2, -0.15) is 20.0 Å². The van der Waals surface area contributed by atoms with Crippen LogP contribution in [0.25, 0.3) is 17.0 Å². The van der Waals surface area contributed by atoms with E-state index in [2.05, 4.69) is 30.7 Å². The molecule has 0 spiro atoms. The zero-order valence-corrected chi connectivity index (χ0v) is 12.6. The number of anilines is 1. The number of pyridine rings is 1. The molecule has 3 aromatic heterocycles. The summed E-state index contributed by atoms with van der Waals surface area (Å²) >= 11 is 0. The van der Waals surface area contributed by atoms with Gasteiger partial charge in [-0.3, -0.25) is 4.98 Å². The normalized spacial score (nSPS) is 15.8. The first-order valence-corrected chi connectivity index (χ1v) is 7.71. The summed E-state index contributed by atoms with van der Waals surface area (Å²) in [5, 5.41) is 13.6. The number of imidazole rings is 1. The van der Waals surface area contributed by atoms with Crippen molar-refractivity contribution < 1.29 is 0 Å². The van der Waals surface area contributed by atoms with E-state index in [0.717, 1.165) is 18.4 Å². The quantitative estimate of drug-likeness (QED) is 0.774. The van der Waals surface area contributed by atoms with Crippen molar-refractivity contribution in [2.24, 2.45) is 0 Å². The Labute approximate surface area is 132 Å². The second-order valence-corrected chi connectivity index (χ2v) is 5.77. The van der Waals surface area contributed by atoms with E-state index in [1.54, 1.807) is 12.4 Å². The van der Waals surface area contributed by atoms with E-state index in [4.69, 9.17) is 5.73 Å². The molecular weight excluding hydrogens is 292 g/mol. The highest BCUT2D eigenvalue weighted by Crippen LogP contribution is 2.34. The van der Waals surface area contributed by atoms with E-state index in [1.807, 2.05) is 0 Å². The maximum atomic E-state index is 9.46. The third-order valence-electron chi connectivity index (χ3n) is 4.40. The van der Waals surface area contributed by atoms with E-state index >= 15 is 0 Å². The van der Waals surface area contributed by atoms with Gasteiger partial charge in [-0.25, -0.2) is 4.98 Å². The third kappa shape index (κ3) is 2.12. The van der Waals surface area contributed by atoms with Crippen LogP contribution in [0.15, 0.2) is 18.7 Å². The largest absolute Gasteiger partial charge is 0.368 e. The monoisotopic (exact) mass is 308 g/mol. The zero-order chi connectivity index (χ0) is 15.8. The first kappa shape index (κ1) is 13.7. The van der Waals surface area contributed by atoms with Gasteiger partial charge < -0.3 is 10.3 Å². The van der Waals surface area contributed by atoms with Crippen LogP contribution >= 0.6 is 0 Å². The standard InChI is InChI=1S/C15H16N8/c16-6-10-7-18-8-12-13(10)22(11-4-2-1-3-5-11)15(21-12)23-14(17)19-9-20-23/h7-9,11H,1-5H2,(H2,17,19,20). The molecule has 0 unspecified atom stereocenters. The summed E-state index contributed by atoms with van der Waals surface area (Å²) in [6, 6.07) is 2.50. The predicted octanol–water partition coefficient (Wildman–Crippen LogP) is 1.97. The summed E-state index contributed by atoms with van der Waals surface area (Å²) in [4.78, 5) is 12.7. The first-order valence-electron chi connectivity index (χ1n) is 7.71. The molecular formula is C15H16N8. The molecule has 0 saturated heterocycles. The molecule has 1 fully saturated rings. The molecule has 1 aliphatic rings. The highest BCUT2D eigenvalue weighted by Gasteiger charge is 2.25. The molecule has 3 aromatic rings. The van der Waals surface area contributed by atoms with Crippen molar-refractivity contribution in [3.63, 3.8) is 0 Å². The number of nitrogens with two attached hydrogens (primary N) is 1. The number of rotatable bonds is 2. The lowest BCUT2D eigenvalue weighted by molar-refractivity contribution is 0.356. The number of hydrogen-bond acceptors (Lipinski definition) is 6. The molecule has 0 aromatic carbocycles. The fraction of sp³-hybridized carbons (Fsp3) is 0.400. The molecule has 23 heavy (non-hydrogen) atoms. The number of nitrogens with zero attached hydrogens (tertiary/aromatic N) is 7. The molecule has 1 aliphatic carbocycles. The lowest BCUT2D eigenvalue weighted by Gasteiger charge is -2.25. The first-order chi connectivity index (χ1) is 11.3. The summed E-state index contributed by atoms with van der Waals surface area (Å²) in [6.07, 6.45) is 10.4. The Bertz CT molecular complexity index is 894. The summed E-state index contributed by atoms with van der Waals surface area (Å²) in [5.74, 6) is 0.884. The zero-order valence-electron chi connectivity index (χ0n) is 12.6. The Morgan fingerprint density at radius 3 is 2.74 bits per heavy atom. The van der Waals surface area contributed by atoms with E-state index < -0.39 is 0 Å². The topological polar surface area (TPSA) is 111 Å². The van der Waals surface area contributed by atoms with Gasteiger partial charge in [0.1, 0.15) is 17.9 Å². The van der Waals surface area contributed by atoms with E-state index in [0.29, 0.717) is 17.0 Å². The Kier molecular flexibility index (Phi) is 3.19. The lowest BCUT2D eigenvalue weighted by atomic mass is 9.95. The molecule has 4 rings (SSSR count). The Hall–Kier alpha value is -2.95. The summed E-state index contributed by atoms with van der Waals surface area (Å²) in [7, 11) is 0. The van der Waals surface area contributed by atoms with Crippen molar-refractivity contribution in [3.8, 4) is 12.0 Å². The summed E-state index contributed by atoms with van der Waals surface area (Å²) in [6.45, 7) is 0. The third-order valence-corrected chi connectivity index (χ3v) is 4.40. The molecule has 0 amide bonds. The van der Waals surface area contributed by atoms with Crippen LogP contribution in [-0.4, -0.2) is 29.3 Å². The highest BCUT2D eigenvalue weighted by molar-refractivity contribution is 5.82. The molecule has 8 nitrogen and oxygen atoms in total.